The third-order valence-electron chi connectivity index (χ3n) is 3.98. The van der Waals surface area contributed by atoms with Crippen molar-refractivity contribution >= 4 is 11.8 Å². The Morgan fingerprint density at radius 3 is 2.39 bits per heavy atom. The molecule has 1 aromatic carbocycles. The average molecular weight is 387 g/mol. The summed E-state index contributed by atoms with van der Waals surface area (Å²) in [6.07, 6.45) is 3.67. The first-order valence-corrected chi connectivity index (χ1v) is 8.95. The van der Waals surface area contributed by atoms with Gasteiger partial charge in [-0.25, -0.2) is 4.98 Å². The second-order valence-corrected chi connectivity index (χ2v) is 6.78. The summed E-state index contributed by atoms with van der Waals surface area (Å²) in [4.78, 5) is 33.0. The van der Waals surface area contributed by atoms with Gasteiger partial charge in [0.05, 0.1) is 6.20 Å². The first kappa shape index (κ1) is 21.4. The van der Waals surface area contributed by atoms with Gasteiger partial charge in [-0.05, 0) is 23.1 Å². The molecule has 2 amide bonds. The van der Waals surface area contributed by atoms with Crippen LogP contribution in [0.25, 0.3) is 0 Å². The van der Waals surface area contributed by atoms with Gasteiger partial charge in [-0.3, -0.25) is 25.0 Å². The molecule has 0 aliphatic heterocycles. The predicted octanol–water partition coefficient (Wildman–Crippen LogP) is 1.39. The topological polar surface area (TPSA) is 128 Å². The van der Waals surface area contributed by atoms with Gasteiger partial charge in [0.2, 0.25) is 5.91 Å². The summed E-state index contributed by atoms with van der Waals surface area (Å²) in [6, 6.07) is 8.26. The number of carbonyl (C=O) groups excluding carboxylic acids is 2. The number of nitrogens with one attached hydrogen (secondary N) is 2. The molecule has 2 rings (SSSR count). The van der Waals surface area contributed by atoms with Crippen molar-refractivity contribution in [1.29, 1.82) is 0 Å². The van der Waals surface area contributed by atoms with Crippen molar-refractivity contribution in [2.45, 2.75) is 38.9 Å². The van der Waals surface area contributed by atoms with Crippen LogP contribution in [0.3, 0.4) is 0 Å². The van der Waals surface area contributed by atoms with Crippen LogP contribution in [-0.4, -0.2) is 49.6 Å². The van der Waals surface area contributed by atoms with Crippen LogP contribution in [0, 0.1) is 5.92 Å². The molecule has 1 unspecified atom stereocenters. The second-order valence-electron chi connectivity index (χ2n) is 6.78. The van der Waals surface area contributed by atoms with E-state index >= 15 is 0 Å². The van der Waals surface area contributed by atoms with Crippen LogP contribution in [0.4, 0.5) is 0 Å². The van der Waals surface area contributed by atoms with Crippen molar-refractivity contribution in [3.8, 4) is 0 Å². The highest BCUT2D eigenvalue weighted by Gasteiger charge is 2.27. The molecular formula is C19H25N5O4. The van der Waals surface area contributed by atoms with Crippen LogP contribution >= 0.6 is 0 Å². The number of carbonyl (C=O) groups is 2. The van der Waals surface area contributed by atoms with Crippen LogP contribution in [0.1, 0.15) is 36.3 Å². The van der Waals surface area contributed by atoms with E-state index < -0.39 is 24.0 Å². The lowest BCUT2D eigenvalue weighted by Gasteiger charge is -2.26. The normalized spacial score (nSPS) is 13.2. The van der Waals surface area contributed by atoms with Crippen molar-refractivity contribution in [2.24, 2.45) is 5.92 Å². The van der Waals surface area contributed by atoms with Gasteiger partial charge in [-0.2, -0.15) is 0 Å². The minimum Gasteiger partial charge on any atom is -0.339 e. The molecule has 1 aromatic heterocycles. The van der Waals surface area contributed by atoms with Gasteiger partial charge in [-0.15, -0.1) is 0 Å². The standard InChI is InChI=1S/C19H25N5O4/c1-13(2)10-17(24(27)28)23-18(25)15(11-14-6-4-3-5-7-14)22-19(26)16-12-20-8-9-21-16/h3-9,12-13,15,17,27-28H,10-11H2,1-2H3,(H,22,26)(H,23,25)/t15-,17?/m0/s1. The van der Waals surface area contributed by atoms with E-state index in [1.165, 1.54) is 18.6 Å². The van der Waals surface area contributed by atoms with E-state index in [0.29, 0.717) is 6.42 Å². The molecule has 9 nitrogen and oxygen atoms in total. The quantitative estimate of drug-likeness (QED) is 0.378. The molecule has 0 aliphatic rings. The Morgan fingerprint density at radius 1 is 1.11 bits per heavy atom. The molecule has 1 heterocycles. The Labute approximate surface area is 163 Å². The van der Waals surface area contributed by atoms with E-state index in [4.69, 9.17) is 0 Å². The molecule has 28 heavy (non-hydrogen) atoms. The maximum atomic E-state index is 12.8. The van der Waals surface area contributed by atoms with Crippen molar-refractivity contribution in [1.82, 2.24) is 25.8 Å². The monoisotopic (exact) mass is 387 g/mol. The number of benzene rings is 1. The highest BCUT2D eigenvalue weighted by atomic mass is 16.8. The first-order chi connectivity index (χ1) is 13.4. The lowest BCUT2D eigenvalue weighted by Crippen LogP contribution is -2.54. The molecular weight excluding hydrogens is 362 g/mol. The fourth-order valence-corrected chi connectivity index (χ4v) is 2.63. The van der Waals surface area contributed by atoms with Crippen LogP contribution < -0.4 is 10.6 Å². The molecule has 0 spiro atoms. The summed E-state index contributed by atoms with van der Waals surface area (Å²) in [5.41, 5.74) is 0.922. The third kappa shape index (κ3) is 6.69. The van der Waals surface area contributed by atoms with E-state index in [2.05, 4.69) is 20.6 Å². The van der Waals surface area contributed by atoms with Crippen molar-refractivity contribution in [3.05, 3.63) is 60.2 Å². The van der Waals surface area contributed by atoms with Gasteiger partial charge in [0.1, 0.15) is 17.9 Å². The zero-order valence-electron chi connectivity index (χ0n) is 15.8. The molecule has 2 atom stereocenters. The Kier molecular flexibility index (Phi) is 8.00. The summed E-state index contributed by atoms with van der Waals surface area (Å²) < 4.78 is 0. The number of aromatic nitrogens is 2. The lowest BCUT2D eigenvalue weighted by molar-refractivity contribution is -0.337. The average Bonchev–Trinajstić information content (AvgIpc) is 2.68. The van der Waals surface area contributed by atoms with Gasteiger partial charge in [0.25, 0.3) is 5.91 Å². The summed E-state index contributed by atoms with van der Waals surface area (Å²) in [5, 5.41) is 24.0. The van der Waals surface area contributed by atoms with E-state index in [1.807, 2.05) is 44.2 Å². The van der Waals surface area contributed by atoms with Crippen LogP contribution in [0.15, 0.2) is 48.9 Å². The first-order valence-electron chi connectivity index (χ1n) is 8.95. The Bertz CT molecular complexity index is 755. The second kappa shape index (κ2) is 10.5. The predicted molar refractivity (Wildman–Crippen MR) is 100 cm³/mol. The summed E-state index contributed by atoms with van der Waals surface area (Å²) in [7, 11) is 0. The molecule has 0 bridgehead atoms. The number of amides is 2. The minimum atomic E-state index is -1.00. The molecule has 0 saturated heterocycles. The van der Waals surface area contributed by atoms with Gasteiger partial charge >= 0.3 is 0 Å². The molecule has 0 saturated carbocycles. The van der Waals surface area contributed by atoms with Gasteiger partial charge in [-0.1, -0.05) is 44.2 Å². The number of rotatable bonds is 9. The maximum Gasteiger partial charge on any atom is 0.272 e. The molecule has 4 N–H and O–H groups in total. The zero-order chi connectivity index (χ0) is 20.5. The lowest BCUT2D eigenvalue weighted by atomic mass is 10.0. The fourth-order valence-electron chi connectivity index (χ4n) is 2.63. The third-order valence-corrected chi connectivity index (χ3v) is 3.98. The Hall–Kier alpha value is -2.88. The van der Waals surface area contributed by atoms with Crippen molar-refractivity contribution < 1.29 is 20.0 Å². The smallest absolute Gasteiger partial charge is 0.272 e. The van der Waals surface area contributed by atoms with E-state index in [0.717, 1.165) is 5.56 Å². The number of hydroxylamine groups is 2. The minimum absolute atomic E-state index is 0.0258. The van der Waals surface area contributed by atoms with Gasteiger partial charge in [0, 0.05) is 18.8 Å². The molecule has 2 aromatic rings. The highest BCUT2D eigenvalue weighted by Crippen LogP contribution is 2.09. The number of hydrogen-bond acceptors (Lipinski definition) is 7. The SMILES string of the molecule is CC(C)CC(NC(=O)[C@H](Cc1ccccc1)NC(=O)c1cnccn1)N(O)O. The van der Waals surface area contributed by atoms with Gasteiger partial charge in [0.15, 0.2) is 0 Å². The largest absolute Gasteiger partial charge is 0.339 e. The van der Waals surface area contributed by atoms with E-state index in [9.17, 15) is 20.0 Å². The zero-order valence-corrected chi connectivity index (χ0v) is 15.8. The number of nitrogens with zero attached hydrogens (tertiary/aromatic N) is 3. The molecule has 9 heteroatoms. The van der Waals surface area contributed by atoms with E-state index in [-0.39, 0.29) is 23.3 Å². The Balaban J connectivity index is 2.16. The summed E-state index contributed by atoms with van der Waals surface area (Å²) >= 11 is 0. The number of hydrogen-bond donors (Lipinski definition) is 4. The van der Waals surface area contributed by atoms with Gasteiger partial charge < -0.3 is 10.6 Å². The van der Waals surface area contributed by atoms with Crippen molar-refractivity contribution in [2.75, 3.05) is 0 Å². The molecule has 0 fully saturated rings. The molecule has 150 valence electrons. The molecule has 0 aliphatic carbocycles. The van der Waals surface area contributed by atoms with Crippen molar-refractivity contribution in [3.63, 3.8) is 0 Å². The van der Waals surface area contributed by atoms with Crippen LogP contribution in [-0.2, 0) is 11.2 Å². The summed E-state index contributed by atoms with van der Waals surface area (Å²) in [6.45, 7) is 3.78. The van der Waals surface area contributed by atoms with Crippen LogP contribution in [0.2, 0.25) is 0 Å². The fraction of sp³-hybridized carbons (Fsp3) is 0.368. The maximum absolute atomic E-state index is 12.8. The highest BCUT2D eigenvalue weighted by molar-refractivity contribution is 5.96. The Morgan fingerprint density at radius 2 is 1.82 bits per heavy atom. The summed E-state index contributed by atoms with van der Waals surface area (Å²) in [5.74, 6) is -0.983. The van der Waals surface area contributed by atoms with E-state index in [1.54, 1.807) is 0 Å². The molecule has 0 radical (unpaired) electrons. The van der Waals surface area contributed by atoms with Crippen LogP contribution in [0.5, 0.6) is 0 Å².